The van der Waals surface area contributed by atoms with Crippen LogP contribution in [0.5, 0.6) is 0 Å². The molecule has 1 heteroatoms. The number of allylic oxidation sites excluding steroid dienone is 4. The molecule has 0 nitrogen and oxygen atoms in total. The molecule has 0 aromatic heterocycles. The molecule has 0 aromatic carbocycles. The van der Waals surface area contributed by atoms with Crippen LogP contribution in [0, 0.1) is 0 Å². The predicted octanol–water partition coefficient (Wildman–Crippen LogP) is 8.67. The summed E-state index contributed by atoms with van der Waals surface area (Å²) in [7, 11) is -1.35. The van der Waals surface area contributed by atoms with Gasteiger partial charge in [-0.25, -0.2) is 0 Å². The van der Waals surface area contributed by atoms with Crippen molar-refractivity contribution in [1.82, 2.24) is 0 Å². The summed E-state index contributed by atoms with van der Waals surface area (Å²) in [5.74, 6) is 0. The zero-order valence-corrected chi connectivity index (χ0v) is 19.1. The van der Waals surface area contributed by atoms with Crippen molar-refractivity contribution in [2.24, 2.45) is 0 Å². The van der Waals surface area contributed by atoms with E-state index in [0.29, 0.717) is 5.04 Å². The Morgan fingerprint density at radius 3 is 1.21 bits per heavy atom. The molecule has 1 aliphatic carbocycles. The van der Waals surface area contributed by atoms with Crippen molar-refractivity contribution in [1.29, 1.82) is 0 Å². The zero-order chi connectivity index (χ0) is 18.4. The van der Waals surface area contributed by atoms with E-state index in [9.17, 15) is 0 Å². The summed E-state index contributed by atoms with van der Waals surface area (Å²) in [5, 5.41) is 0.461. The van der Waals surface area contributed by atoms with E-state index in [1.165, 1.54) is 64.2 Å². The minimum atomic E-state index is -1.35. The maximum Gasteiger partial charge on any atom is 0.0604 e. The van der Waals surface area contributed by atoms with Gasteiger partial charge in [0.05, 0.1) is 8.07 Å². The third-order valence-corrected chi connectivity index (χ3v) is 9.44. The summed E-state index contributed by atoms with van der Waals surface area (Å²) >= 11 is 0. The van der Waals surface area contributed by atoms with Crippen molar-refractivity contribution in [3.05, 3.63) is 22.3 Å². The molecule has 0 radical (unpaired) electrons. The van der Waals surface area contributed by atoms with Crippen LogP contribution in [0.1, 0.15) is 98.8 Å². The molecule has 0 spiro atoms. The number of rotatable bonds is 11. The van der Waals surface area contributed by atoms with E-state index in [4.69, 9.17) is 0 Å². The van der Waals surface area contributed by atoms with Gasteiger partial charge in [0.15, 0.2) is 0 Å². The lowest BCUT2D eigenvalue weighted by atomic mass is 9.84. The summed E-state index contributed by atoms with van der Waals surface area (Å²) in [6.45, 7) is 19.9. The molecule has 0 bridgehead atoms. The lowest BCUT2D eigenvalue weighted by Crippen LogP contribution is -2.41. The Bertz CT molecular complexity index is 427. The van der Waals surface area contributed by atoms with Gasteiger partial charge in [-0.05, 0) is 43.3 Å². The van der Waals surface area contributed by atoms with Gasteiger partial charge in [0.2, 0.25) is 0 Å². The molecule has 0 N–H and O–H groups in total. The average molecular weight is 349 g/mol. The monoisotopic (exact) mass is 348 g/mol. The van der Waals surface area contributed by atoms with E-state index in [2.05, 4.69) is 54.3 Å². The van der Waals surface area contributed by atoms with Gasteiger partial charge in [-0.1, -0.05) is 97.5 Å². The number of hydrogen-bond acceptors (Lipinski definition) is 0. The standard InChI is InChI=1S/C23H44Si/c1-9-14-19-20(15-10-2)22(17-12-4)23(18-13-5,24(6,7)8)21(19)16-11-3/h9-18H2,1-8H3. The van der Waals surface area contributed by atoms with Gasteiger partial charge in [0.25, 0.3) is 0 Å². The van der Waals surface area contributed by atoms with Gasteiger partial charge in [-0.3, -0.25) is 0 Å². The van der Waals surface area contributed by atoms with E-state index in [-0.39, 0.29) is 0 Å². The second kappa shape index (κ2) is 9.41. The molecule has 0 aliphatic heterocycles. The summed E-state index contributed by atoms with van der Waals surface area (Å²) in [6, 6.07) is 0. The second-order valence-corrected chi connectivity index (χ2v) is 14.2. The molecule has 0 saturated heterocycles. The lowest BCUT2D eigenvalue weighted by Gasteiger charge is -2.46. The van der Waals surface area contributed by atoms with Gasteiger partial charge < -0.3 is 0 Å². The minimum absolute atomic E-state index is 0.461. The zero-order valence-electron chi connectivity index (χ0n) is 18.1. The van der Waals surface area contributed by atoms with Crippen LogP contribution in [-0.2, 0) is 0 Å². The van der Waals surface area contributed by atoms with Crippen LogP contribution >= 0.6 is 0 Å². The second-order valence-electron chi connectivity index (χ2n) is 8.82. The lowest BCUT2D eigenvalue weighted by molar-refractivity contribution is 0.579. The molecule has 0 aromatic rings. The van der Waals surface area contributed by atoms with Crippen molar-refractivity contribution < 1.29 is 0 Å². The third-order valence-electron chi connectivity index (χ3n) is 6.03. The Kier molecular flexibility index (Phi) is 8.52. The van der Waals surface area contributed by atoms with Crippen LogP contribution in [0.25, 0.3) is 0 Å². The third kappa shape index (κ3) is 3.92. The smallest absolute Gasteiger partial charge is 0.0604 e. The molecule has 1 aliphatic rings. The van der Waals surface area contributed by atoms with Crippen molar-refractivity contribution in [3.63, 3.8) is 0 Å². The summed E-state index contributed by atoms with van der Waals surface area (Å²) in [4.78, 5) is 0. The van der Waals surface area contributed by atoms with Crippen molar-refractivity contribution >= 4 is 8.07 Å². The fraction of sp³-hybridized carbons (Fsp3) is 0.826. The normalized spacial score (nSPS) is 18.0. The highest BCUT2D eigenvalue weighted by Gasteiger charge is 2.52. The molecule has 140 valence electrons. The van der Waals surface area contributed by atoms with Crippen LogP contribution in [0.3, 0.4) is 0 Å². The predicted molar refractivity (Wildman–Crippen MR) is 115 cm³/mol. The molecule has 24 heavy (non-hydrogen) atoms. The Hall–Kier alpha value is -0.303. The molecule has 1 rings (SSSR count). The first kappa shape index (κ1) is 21.7. The summed E-state index contributed by atoms with van der Waals surface area (Å²) in [6.07, 6.45) is 13.2. The van der Waals surface area contributed by atoms with Crippen LogP contribution in [0.15, 0.2) is 22.3 Å². The Balaban J connectivity index is 3.73. The van der Waals surface area contributed by atoms with Gasteiger partial charge in [0.1, 0.15) is 0 Å². The molecule has 0 saturated carbocycles. The molecule has 0 heterocycles. The highest BCUT2D eigenvalue weighted by molar-refractivity contribution is 6.80. The molecular weight excluding hydrogens is 304 g/mol. The summed E-state index contributed by atoms with van der Waals surface area (Å²) < 4.78 is 0. The highest BCUT2D eigenvalue weighted by atomic mass is 28.3. The Morgan fingerprint density at radius 2 is 0.958 bits per heavy atom. The van der Waals surface area contributed by atoms with Crippen molar-refractivity contribution in [3.8, 4) is 0 Å². The van der Waals surface area contributed by atoms with Crippen LogP contribution in [-0.4, -0.2) is 8.07 Å². The highest BCUT2D eigenvalue weighted by Crippen LogP contribution is 2.65. The SMILES string of the molecule is CCCC1=C(CCC)C(CCC)([Si](C)(C)C)C(CCC)=C1CCC. The molecular formula is C23H44Si. The maximum atomic E-state index is 2.65. The first-order valence-electron chi connectivity index (χ1n) is 10.8. The van der Waals surface area contributed by atoms with E-state index in [0.717, 1.165) is 0 Å². The largest absolute Gasteiger partial charge is 0.0686 e. The first-order chi connectivity index (χ1) is 11.3. The maximum absolute atomic E-state index is 2.65. The van der Waals surface area contributed by atoms with Crippen LogP contribution < -0.4 is 0 Å². The fourth-order valence-corrected chi connectivity index (χ4v) is 8.71. The first-order valence-corrected chi connectivity index (χ1v) is 14.3. The van der Waals surface area contributed by atoms with Gasteiger partial charge in [0, 0.05) is 5.04 Å². The number of hydrogen-bond donors (Lipinski definition) is 0. The quantitative estimate of drug-likeness (QED) is 0.327. The van der Waals surface area contributed by atoms with E-state index < -0.39 is 8.07 Å². The molecule has 0 atom stereocenters. The van der Waals surface area contributed by atoms with Crippen molar-refractivity contribution in [2.45, 2.75) is 124 Å². The Morgan fingerprint density at radius 1 is 0.583 bits per heavy atom. The van der Waals surface area contributed by atoms with Gasteiger partial charge in [-0.15, -0.1) is 0 Å². The summed E-state index contributed by atoms with van der Waals surface area (Å²) in [5.41, 5.74) is 7.44. The van der Waals surface area contributed by atoms with Gasteiger partial charge >= 0.3 is 0 Å². The van der Waals surface area contributed by atoms with E-state index in [1.807, 2.05) is 22.3 Å². The molecule has 0 fully saturated rings. The molecule has 0 unspecified atom stereocenters. The van der Waals surface area contributed by atoms with Gasteiger partial charge in [-0.2, -0.15) is 0 Å². The average Bonchev–Trinajstić information content (AvgIpc) is 2.73. The molecule has 0 amide bonds. The van der Waals surface area contributed by atoms with E-state index in [1.54, 1.807) is 0 Å². The van der Waals surface area contributed by atoms with Crippen molar-refractivity contribution in [2.75, 3.05) is 0 Å². The van der Waals surface area contributed by atoms with Crippen LogP contribution in [0.4, 0.5) is 0 Å². The van der Waals surface area contributed by atoms with E-state index >= 15 is 0 Å². The fourth-order valence-electron chi connectivity index (χ4n) is 5.35. The minimum Gasteiger partial charge on any atom is -0.0686 e. The Labute approximate surface area is 154 Å². The van der Waals surface area contributed by atoms with Crippen LogP contribution in [0.2, 0.25) is 24.7 Å². The topological polar surface area (TPSA) is 0 Å².